The minimum absolute atomic E-state index is 0.0494. The topological polar surface area (TPSA) is 61.4 Å². The van der Waals surface area contributed by atoms with Crippen molar-refractivity contribution in [1.82, 2.24) is 10.6 Å². The first kappa shape index (κ1) is 16.7. The van der Waals surface area contributed by atoms with Crippen LogP contribution in [0.1, 0.15) is 31.4 Å². The fraction of sp³-hybridized carbons (Fsp3) is 0.500. The second-order valence-electron chi connectivity index (χ2n) is 5.18. The van der Waals surface area contributed by atoms with Crippen LogP contribution in [0.4, 0.5) is 0 Å². The van der Waals surface area contributed by atoms with Crippen molar-refractivity contribution in [1.29, 1.82) is 0 Å². The molecule has 1 unspecified atom stereocenters. The Morgan fingerprint density at radius 2 is 1.95 bits per heavy atom. The molecule has 116 valence electrons. The SMILES string of the molecule is CC(=O)NC(c1c(O)cc(Cl)c(Cl)c1Cl)C1CCNCC1. The Labute approximate surface area is 138 Å². The summed E-state index contributed by atoms with van der Waals surface area (Å²) in [6, 6.07) is 0.980. The number of amides is 1. The van der Waals surface area contributed by atoms with Gasteiger partial charge in [0.15, 0.2) is 0 Å². The average Bonchev–Trinajstić information content (AvgIpc) is 2.44. The zero-order valence-electron chi connectivity index (χ0n) is 11.5. The molecule has 1 fully saturated rings. The van der Waals surface area contributed by atoms with Crippen LogP contribution < -0.4 is 10.6 Å². The molecule has 0 aliphatic carbocycles. The third kappa shape index (κ3) is 3.75. The molecule has 0 aromatic heterocycles. The summed E-state index contributed by atoms with van der Waals surface area (Å²) in [6.45, 7) is 3.16. The Morgan fingerprint density at radius 1 is 1.33 bits per heavy atom. The van der Waals surface area contributed by atoms with Gasteiger partial charge in [0.2, 0.25) is 5.91 Å². The maximum Gasteiger partial charge on any atom is 0.217 e. The number of carbonyl (C=O) groups excluding carboxylic acids is 1. The van der Waals surface area contributed by atoms with E-state index in [4.69, 9.17) is 34.8 Å². The number of phenolic OH excluding ortho intramolecular Hbond substituents is 1. The van der Waals surface area contributed by atoms with E-state index < -0.39 is 0 Å². The van der Waals surface area contributed by atoms with Crippen molar-refractivity contribution >= 4 is 40.7 Å². The molecule has 1 saturated heterocycles. The van der Waals surface area contributed by atoms with Crippen LogP contribution in [0.3, 0.4) is 0 Å². The first-order chi connectivity index (χ1) is 9.91. The molecule has 1 aliphatic heterocycles. The highest BCUT2D eigenvalue weighted by atomic mass is 35.5. The molecule has 3 N–H and O–H groups in total. The zero-order chi connectivity index (χ0) is 15.6. The predicted octanol–water partition coefficient (Wildman–Crippen LogP) is 3.53. The van der Waals surface area contributed by atoms with Crippen LogP contribution in [0.15, 0.2) is 6.07 Å². The van der Waals surface area contributed by atoms with Gasteiger partial charge >= 0.3 is 0 Å². The fourth-order valence-electron chi connectivity index (χ4n) is 2.71. The molecule has 2 rings (SSSR count). The lowest BCUT2D eigenvalue weighted by atomic mass is 9.85. The quantitative estimate of drug-likeness (QED) is 0.730. The summed E-state index contributed by atoms with van der Waals surface area (Å²) in [7, 11) is 0. The van der Waals surface area contributed by atoms with Crippen LogP contribution in [0, 0.1) is 5.92 Å². The van der Waals surface area contributed by atoms with Crippen molar-refractivity contribution in [2.75, 3.05) is 13.1 Å². The van der Waals surface area contributed by atoms with Gasteiger partial charge in [-0.15, -0.1) is 0 Å². The second-order valence-corrected chi connectivity index (χ2v) is 6.35. The van der Waals surface area contributed by atoms with Crippen LogP contribution >= 0.6 is 34.8 Å². The molecule has 4 nitrogen and oxygen atoms in total. The number of aromatic hydroxyl groups is 1. The maximum absolute atomic E-state index is 11.5. The van der Waals surface area contributed by atoms with E-state index in [1.807, 2.05) is 0 Å². The van der Waals surface area contributed by atoms with Crippen molar-refractivity contribution < 1.29 is 9.90 Å². The maximum atomic E-state index is 11.5. The van der Waals surface area contributed by atoms with Gasteiger partial charge in [0, 0.05) is 18.6 Å². The number of hydrogen-bond acceptors (Lipinski definition) is 3. The number of nitrogens with one attached hydrogen (secondary N) is 2. The molecule has 0 radical (unpaired) electrons. The van der Waals surface area contributed by atoms with E-state index in [2.05, 4.69) is 10.6 Å². The van der Waals surface area contributed by atoms with E-state index >= 15 is 0 Å². The molecule has 0 spiro atoms. The summed E-state index contributed by atoms with van der Waals surface area (Å²) in [5.74, 6) is -0.0532. The van der Waals surface area contributed by atoms with Crippen LogP contribution in [0.2, 0.25) is 15.1 Å². The van der Waals surface area contributed by atoms with Crippen molar-refractivity contribution in [2.45, 2.75) is 25.8 Å². The smallest absolute Gasteiger partial charge is 0.217 e. The van der Waals surface area contributed by atoms with Gasteiger partial charge in [-0.25, -0.2) is 0 Å². The van der Waals surface area contributed by atoms with E-state index in [0.717, 1.165) is 25.9 Å². The van der Waals surface area contributed by atoms with Gasteiger partial charge < -0.3 is 15.7 Å². The highest BCUT2D eigenvalue weighted by Crippen LogP contribution is 2.44. The first-order valence-electron chi connectivity index (χ1n) is 6.76. The summed E-state index contributed by atoms with van der Waals surface area (Å²) in [5.41, 5.74) is 0.438. The summed E-state index contributed by atoms with van der Waals surface area (Å²) in [5, 5.41) is 16.9. The van der Waals surface area contributed by atoms with E-state index in [0.29, 0.717) is 5.56 Å². The Balaban J connectivity index is 2.45. The third-order valence-corrected chi connectivity index (χ3v) is 4.98. The van der Waals surface area contributed by atoms with Crippen LogP contribution in [-0.2, 0) is 4.79 Å². The van der Waals surface area contributed by atoms with E-state index in [-0.39, 0.29) is 38.7 Å². The molecule has 1 heterocycles. The van der Waals surface area contributed by atoms with Crippen LogP contribution in [0.5, 0.6) is 5.75 Å². The monoisotopic (exact) mass is 350 g/mol. The van der Waals surface area contributed by atoms with Crippen molar-refractivity contribution in [3.8, 4) is 5.75 Å². The van der Waals surface area contributed by atoms with E-state index in [9.17, 15) is 9.90 Å². The minimum atomic E-state index is -0.383. The second kappa shape index (κ2) is 7.05. The molecule has 1 amide bonds. The van der Waals surface area contributed by atoms with Gasteiger partial charge in [0.05, 0.1) is 21.1 Å². The summed E-state index contributed by atoms with van der Waals surface area (Å²) < 4.78 is 0. The van der Waals surface area contributed by atoms with Gasteiger partial charge in [-0.05, 0) is 31.8 Å². The lowest BCUT2D eigenvalue weighted by molar-refractivity contribution is -0.120. The molecular formula is C14H17Cl3N2O2. The lowest BCUT2D eigenvalue weighted by Gasteiger charge is -2.32. The number of rotatable bonds is 3. The predicted molar refractivity (Wildman–Crippen MR) is 85.3 cm³/mol. The van der Waals surface area contributed by atoms with Crippen LogP contribution in [-0.4, -0.2) is 24.1 Å². The Bertz CT molecular complexity index is 546. The molecule has 1 atom stereocenters. The molecule has 1 aromatic carbocycles. The molecule has 1 aromatic rings. The van der Waals surface area contributed by atoms with E-state index in [1.165, 1.54) is 13.0 Å². The van der Waals surface area contributed by atoms with E-state index in [1.54, 1.807) is 0 Å². The fourth-order valence-corrected chi connectivity index (χ4v) is 3.43. The standard InChI is InChI=1S/C14H17Cl3N2O2/c1-7(20)19-14(8-2-4-18-5-3-8)11-10(21)6-9(15)12(16)13(11)17/h6,8,14,18,21H,2-5H2,1H3,(H,19,20). The Morgan fingerprint density at radius 3 is 2.52 bits per heavy atom. The number of halogens is 3. The molecular weight excluding hydrogens is 335 g/mol. The molecule has 0 bridgehead atoms. The van der Waals surface area contributed by atoms with Gasteiger partial charge in [-0.2, -0.15) is 0 Å². The Kier molecular flexibility index (Phi) is 5.60. The van der Waals surface area contributed by atoms with Gasteiger partial charge in [-0.3, -0.25) is 4.79 Å². The van der Waals surface area contributed by atoms with Crippen molar-refractivity contribution in [2.24, 2.45) is 5.92 Å². The van der Waals surface area contributed by atoms with Gasteiger partial charge in [0.1, 0.15) is 5.75 Å². The summed E-state index contributed by atoms with van der Waals surface area (Å²) in [4.78, 5) is 11.5. The zero-order valence-corrected chi connectivity index (χ0v) is 13.8. The number of phenols is 1. The highest BCUT2D eigenvalue weighted by Gasteiger charge is 2.31. The Hall–Kier alpha value is -0.680. The summed E-state index contributed by atoms with van der Waals surface area (Å²) >= 11 is 18.2. The number of piperidine rings is 1. The average molecular weight is 352 g/mol. The normalized spacial score (nSPS) is 17.5. The number of carbonyl (C=O) groups is 1. The molecule has 21 heavy (non-hydrogen) atoms. The van der Waals surface area contributed by atoms with Crippen LogP contribution in [0.25, 0.3) is 0 Å². The third-order valence-electron chi connectivity index (χ3n) is 3.70. The van der Waals surface area contributed by atoms with Crippen molar-refractivity contribution in [3.05, 3.63) is 26.7 Å². The lowest BCUT2D eigenvalue weighted by Crippen LogP contribution is -2.38. The molecule has 1 aliphatic rings. The van der Waals surface area contributed by atoms with Crippen molar-refractivity contribution in [3.63, 3.8) is 0 Å². The molecule has 0 saturated carbocycles. The number of hydrogen-bond donors (Lipinski definition) is 3. The first-order valence-corrected chi connectivity index (χ1v) is 7.89. The number of benzene rings is 1. The van der Waals surface area contributed by atoms with Gasteiger partial charge in [-0.1, -0.05) is 34.8 Å². The highest BCUT2D eigenvalue weighted by molar-refractivity contribution is 6.48. The largest absolute Gasteiger partial charge is 0.507 e. The molecule has 7 heteroatoms. The summed E-state index contributed by atoms with van der Waals surface area (Å²) in [6.07, 6.45) is 1.75. The minimum Gasteiger partial charge on any atom is -0.507 e. The van der Waals surface area contributed by atoms with Gasteiger partial charge in [0.25, 0.3) is 0 Å².